The standard InChI is InChI=1S/C25H24F2N2O5/c1-14(23(31)32)10-11-28-22(30)21-20(25(21,26)27)12-29-24(33)34-13-19-17-8-4-2-6-15(17)16-7-3-5-9-18(16)19/h2-10,19-21H,11-13H2,1H3,(H,28,30)(H,29,33)(H,31,32)/b14-10+/t20-,21-/m0/s1. The Labute approximate surface area is 194 Å². The van der Waals surface area contributed by atoms with Crippen molar-refractivity contribution in [1.29, 1.82) is 0 Å². The molecule has 9 heteroatoms. The number of fused-ring (bicyclic) bond motifs is 3. The van der Waals surface area contributed by atoms with Gasteiger partial charge in [-0.15, -0.1) is 0 Å². The molecule has 2 amide bonds. The number of carboxylic acid groups (broad SMARTS) is 1. The molecule has 178 valence electrons. The van der Waals surface area contributed by atoms with E-state index in [2.05, 4.69) is 10.6 Å². The number of carbonyl (C=O) groups is 3. The summed E-state index contributed by atoms with van der Waals surface area (Å²) in [6.07, 6.45) is 0.397. The number of halogens is 2. The molecule has 34 heavy (non-hydrogen) atoms. The molecule has 2 aromatic carbocycles. The van der Waals surface area contributed by atoms with Crippen LogP contribution >= 0.6 is 0 Å². The lowest BCUT2D eigenvalue weighted by Gasteiger charge is -2.14. The van der Waals surface area contributed by atoms with E-state index in [1.165, 1.54) is 13.0 Å². The van der Waals surface area contributed by atoms with Crippen LogP contribution in [0.15, 0.2) is 60.2 Å². The van der Waals surface area contributed by atoms with Crippen LogP contribution < -0.4 is 10.6 Å². The van der Waals surface area contributed by atoms with Gasteiger partial charge in [0, 0.05) is 24.6 Å². The molecule has 0 radical (unpaired) electrons. The predicted octanol–water partition coefficient (Wildman–Crippen LogP) is 3.55. The van der Waals surface area contributed by atoms with Crippen molar-refractivity contribution < 1.29 is 33.0 Å². The van der Waals surface area contributed by atoms with Gasteiger partial charge in [-0.3, -0.25) is 4.79 Å². The first kappa shape index (κ1) is 23.4. The van der Waals surface area contributed by atoms with E-state index in [0.717, 1.165) is 22.3 Å². The van der Waals surface area contributed by atoms with Crippen LogP contribution in [0.3, 0.4) is 0 Å². The minimum Gasteiger partial charge on any atom is -0.478 e. The van der Waals surface area contributed by atoms with E-state index in [1.54, 1.807) is 0 Å². The van der Waals surface area contributed by atoms with Crippen LogP contribution in [-0.4, -0.2) is 48.7 Å². The molecule has 1 fully saturated rings. The monoisotopic (exact) mass is 470 g/mol. The Hall–Kier alpha value is -3.75. The molecule has 3 N–H and O–H groups in total. The topological polar surface area (TPSA) is 105 Å². The first-order valence-corrected chi connectivity index (χ1v) is 10.9. The quantitative estimate of drug-likeness (QED) is 0.512. The van der Waals surface area contributed by atoms with Crippen LogP contribution in [0, 0.1) is 11.8 Å². The lowest BCUT2D eigenvalue weighted by Crippen LogP contribution is -2.30. The van der Waals surface area contributed by atoms with Gasteiger partial charge in [0.15, 0.2) is 0 Å². The number of carboxylic acids is 1. The van der Waals surface area contributed by atoms with Gasteiger partial charge in [0.2, 0.25) is 5.91 Å². The van der Waals surface area contributed by atoms with Crippen molar-refractivity contribution in [1.82, 2.24) is 10.6 Å². The van der Waals surface area contributed by atoms with Gasteiger partial charge in [-0.2, -0.15) is 0 Å². The summed E-state index contributed by atoms with van der Waals surface area (Å²) in [5.74, 6) is -8.39. The van der Waals surface area contributed by atoms with Crippen molar-refractivity contribution in [3.8, 4) is 11.1 Å². The highest BCUT2D eigenvalue weighted by atomic mass is 19.3. The molecule has 0 aliphatic heterocycles. The Morgan fingerprint density at radius 2 is 1.62 bits per heavy atom. The molecule has 2 atom stereocenters. The number of hydrogen-bond acceptors (Lipinski definition) is 4. The summed E-state index contributed by atoms with van der Waals surface area (Å²) in [7, 11) is 0. The summed E-state index contributed by atoms with van der Waals surface area (Å²) >= 11 is 0. The number of rotatable bonds is 8. The first-order valence-electron chi connectivity index (χ1n) is 10.9. The number of benzene rings is 2. The zero-order valence-electron chi connectivity index (χ0n) is 18.4. The van der Waals surface area contributed by atoms with Crippen molar-refractivity contribution >= 4 is 18.0 Å². The molecule has 2 aliphatic carbocycles. The van der Waals surface area contributed by atoms with E-state index in [-0.39, 0.29) is 24.6 Å². The minimum atomic E-state index is -3.26. The van der Waals surface area contributed by atoms with Gasteiger partial charge in [0.05, 0.1) is 5.92 Å². The van der Waals surface area contributed by atoms with E-state index in [4.69, 9.17) is 9.84 Å². The van der Waals surface area contributed by atoms with Crippen molar-refractivity contribution in [2.75, 3.05) is 19.7 Å². The summed E-state index contributed by atoms with van der Waals surface area (Å²) in [6.45, 7) is 0.809. The Kier molecular flexibility index (Phi) is 6.37. The zero-order chi connectivity index (χ0) is 24.5. The van der Waals surface area contributed by atoms with Crippen molar-refractivity contribution in [2.45, 2.75) is 18.8 Å². The lowest BCUT2D eigenvalue weighted by atomic mass is 9.98. The van der Waals surface area contributed by atoms with E-state index in [1.807, 2.05) is 48.5 Å². The van der Waals surface area contributed by atoms with Crippen molar-refractivity contribution in [3.63, 3.8) is 0 Å². The Balaban J connectivity index is 1.28. The van der Waals surface area contributed by atoms with Crippen LogP contribution in [0.1, 0.15) is 24.0 Å². The minimum absolute atomic E-state index is 0.00340. The maximum absolute atomic E-state index is 14.1. The Bertz CT molecular complexity index is 1120. The molecule has 0 bridgehead atoms. The van der Waals surface area contributed by atoms with Crippen LogP contribution in [0.5, 0.6) is 0 Å². The second kappa shape index (κ2) is 9.24. The highest BCUT2D eigenvalue weighted by Gasteiger charge is 2.71. The van der Waals surface area contributed by atoms with Gasteiger partial charge in [0.1, 0.15) is 12.5 Å². The van der Waals surface area contributed by atoms with Gasteiger partial charge in [-0.25, -0.2) is 18.4 Å². The third-order valence-corrected chi connectivity index (χ3v) is 6.32. The summed E-state index contributed by atoms with van der Waals surface area (Å²) in [4.78, 5) is 35.0. The number of alkyl carbamates (subject to hydrolysis) is 1. The number of ether oxygens (including phenoxy) is 1. The number of carbonyl (C=O) groups excluding carboxylic acids is 2. The Morgan fingerprint density at radius 3 is 2.21 bits per heavy atom. The summed E-state index contributed by atoms with van der Waals surface area (Å²) in [5.41, 5.74) is 4.22. The van der Waals surface area contributed by atoms with Gasteiger partial charge in [-0.1, -0.05) is 54.6 Å². The molecular weight excluding hydrogens is 446 g/mol. The third kappa shape index (κ3) is 4.50. The molecule has 0 saturated heterocycles. The number of nitrogens with one attached hydrogen (secondary N) is 2. The summed E-state index contributed by atoms with van der Waals surface area (Å²) in [5, 5.41) is 13.4. The van der Waals surface area contributed by atoms with Crippen LogP contribution in [-0.2, 0) is 14.3 Å². The predicted molar refractivity (Wildman–Crippen MR) is 119 cm³/mol. The van der Waals surface area contributed by atoms with Crippen LogP contribution in [0.2, 0.25) is 0 Å². The van der Waals surface area contributed by atoms with E-state index >= 15 is 0 Å². The maximum Gasteiger partial charge on any atom is 0.407 e. The molecule has 0 heterocycles. The number of hydrogen-bond donors (Lipinski definition) is 3. The van der Waals surface area contributed by atoms with Crippen LogP contribution in [0.4, 0.5) is 13.6 Å². The average molecular weight is 470 g/mol. The summed E-state index contributed by atoms with van der Waals surface area (Å²) < 4.78 is 33.5. The molecule has 1 saturated carbocycles. The fraction of sp³-hybridized carbons (Fsp3) is 0.320. The second-order valence-electron chi connectivity index (χ2n) is 8.40. The number of alkyl halides is 2. The van der Waals surface area contributed by atoms with E-state index in [9.17, 15) is 23.2 Å². The molecule has 2 aromatic rings. The normalized spacial score (nSPS) is 20.1. The molecule has 0 spiro atoms. The van der Waals surface area contributed by atoms with E-state index in [0.29, 0.717) is 0 Å². The molecule has 2 aliphatic rings. The molecule has 7 nitrogen and oxygen atoms in total. The maximum atomic E-state index is 14.1. The summed E-state index contributed by atoms with van der Waals surface area (Å²) in [6, 6.07) is 15.7. The highest BCUT2D eigenvalue weighted by molar-refractivity contribution is 5.86. The van der Waals surface area contributed by atoms with Crippen molar-refractivity contribution in [3.05, 3.63) is 71.3 Å². The fourth-order valence-electron chi connectivity index (χ4n) is 4.35. The first-order chi connectivity index (χ1) is 16.2. The SMILES string of the molecule is C/C(=C\CNC(=O)[C@@H]1[C@H](CNC(=O)OCC2c3ccccc3-c3ccccc32)C1(F)F)C(=O)O. The van der Waals surface area contributed by atoms with Gasteiger partial charge in [-0.05, 0) is 29.2 Å². The molecule has 0 unspecified atom stereocenters. The van der Waals surface area contributed by atoms with E-state index < -0.39 is 42.3 Å². The molecule has 0 aromatic heterocycles. The zero-order valence-corrected chi connectivity index (χ0v) is 18.4. The smallest absolute Gasteiger partial charge is 0.407 e. The van der Waals surface area contributed by atoms with Crippen molar-refractivity contribution in [2.24, 2.45) is 11.8 Å². The Morgan fingerprint density at radius 1 is 1.03 bits per heavy atom. The second-order valence-corrected chi connectivity index (χ2v) is 8.40. The van der Waals surface area contributed by atoms with Gasteiger partial charge < -0.3 is 20.5 Å². The molecular formula is C25H24F2N2O5. The number of aliphatic carboxylic acids is 1. The van der Waals surface area contributed by atoms with Gasteiger partial charge in [0.25, 0.3) is 5.92 Å². The lowest BCUT2D eigenvalue weighted by molar-refractivity contribution is -0.132. The highest BCUT2D eigenvalue weighted by Crippen LogP contribution is 2.55. The third-order valence-electron chi connectivity index (χ3n) is 6.32. The van der Waals surface area contributed by atoms with Crippen LogP contribution in [0.25, 0.3) is 11.1 Å². The fourth-order valence-corrected chi connectivity index (χ4v) is 4.35. The average Bonchev–Trinajstić information content (AvgIpc) is 3.22. The van der Waals surface area contributed by atoms with Gasteiger partial charge >= 0.3 is 12.1 Å². The molecule has 4 rings (SSSR count). The largest absolute Gasteiger partial charge is 0.478 e. The number of amides is 2.